The van der Waals surface area contributed by atoms with Gasteiger partial charge in [-0.25, -0.2) is 4.79 Å². The topological polar surface area (TPSA) is 64.3 Å². The van der Waals surface area contributed by atoms with Gasteiger partial charge in [0.2, 0.25) is 0 Å². The average Bonchev–Trinajstić information content (AvgIpc) is 2.17. The van der Waals surface area contributed by atoms with Crippen molar-refractivity contribution in [2.45, 2.75) is 37.8 Å². The van der Waals surface area contributed by atoms with Crippen molar-refractivity contribution in [1.29, 1.82) is 0 Å². The molecule has 0 aromatic carbocycles. The van der Waals surface area contributed by atoms with Crippen molar-refractivity contribution < 1.29 is 9.53 Å². The van der Waals surface area contributed by atoms with Gasteiger partial charge in [0, 0.05) is 12.1 Å². The molecule has 0 saturated heterocycles. The largest absolute Gasteiger partial charge is 0.453 e. The molecule has 1 aliphatic carbocycles. The monoisotopic (exact) mass is 198 g/mol. The first-order chi connectivity index (χ1) is 6.74. The smallest absolute Gasteiger partial charge is 0.407 e. The van der Waals surface area contributed by atoms with E-state index in [0.717, 1.165) is 25.7 Å². The van der Waals surface area contributed by atoms with Gasteiger partial charge in [-0.15, -0.1) is 0 Å². The first kappa shape index (κ1) is 11.0. The van der Waals surface area contributed by atoms with Gasteiger partial charge in [-0.05, 0) is 25.7 Å². The van der Waals surface area contributed by atoms with Crippen LogP contribution in [0.1, 0.15) is 25.7 Å². The molecule has 0 aromatic rings. The Labute approximate surface area is 84.5 Å². The van der Waals surface area contributed by atoms with Crippen molar-refractivity contribution in [2.75, 3.05) is 7.11 Å². The average molecular weight is 198 g/mol. The Morgan fingerprint density at radius 3 is 2.71 bits per heavy atom. The van der Waals surface area contributed by atoms with Crippen LogP contribution in [0.3, 0.4) is 0 Å². The van der Waals surface area contributed by atoms with Crippen molar-refractivity contribution >= 4 is 6.09 Å². The van der Waals surface area contributed by atoms with Crippen LogP contribution < -0.4 is 11.1 Å². The molecule has 80 valence electrons. The van der Waals surface area contributed by atoms with Crippen LogP contribution in [0, 0.1) is 0 Å². The summed E-state index contributed by atoms with van der Waals surface area (Å²) in [4.78, 5) is 11.0. The first-order valence-corrected chi connectivity index (χ1v) is 4.99. The van der Waals surface area contributed by atoms with E-state index < -0.39 is 6.09 Å². The second kappa shape index (κ2) is 5.65. The molecule has 1 amide bonds. The predicted molar refractivity (Wildman–Crippen MR) is 54.9 cm³/mol. The minimum atomic E-state index is -0.394. The van der Waals surface area contributed by atoms with Crippen molar-refractivity contribution in [3.8, 4) is 0 Å². The highest BCUT2D eigenvalue weighted by Crippen LogP contribution is 2.11. The van der Waals surface area contributed by atoms with Gasteiger partial charge < -0.3 is 15.8 Å². The van der Waals surface area contributed by atoms with E-state index in [9.17, 15) is 4.79 Å². The standard InChI is InChI=1S/C10H18N2O2/c1-14-10(13)12-9-7-5-3-2-4-6-8(9)11/h2-3,8-9H,4-7,11H2,1H3,(H,12,13)/b3-2+/t8-,9?/m0/s1. The Morgan fingerprint density at radius 1 is 1.43 bits per heavy atom. The third-order valence-electron chi connectivity index (χ3n) is 2.48. The molecule has 0 saturated carbocycles. The van der Waals surface area contributed by atoms with E-state index in [1.54, 1.807) is 0 Å². The molecule has 0 radical (unpaired) electrons. The number of methoxy groups -OCH3 is 1. The van der Waals surface area contributed by atoms with Crippen LogP contribution >= 0.6 is 0 Å². The number of carbonyl (C=O) groups excluding carboxylic acids is 1. The first-order valence-electron chi connectivity index (χ1n) is 4.99. The van der Waals surface area contributed by atoms with Crippen LogP contribution in [-0.2, 0) is 4.74 Å². The molecule has 0 aromatic heterocycles. The van der Waals surface area contributed by atoms with Gasteiger partial charge in [-0.2, -0.15) is 0 Å². The maximum Gasteiger partial charge on any atom is 0.407 e. The second-order valence-electron chi connectivity index (χ2n) is 3.53. The van der Waals surface area contributed by atoms with E-state index in [0.29, 0.717) is 0 Å². The van der Waals surface area contributed by atoms with Crippen molar-refractivity contribution in [2.24, 2.45) is 5.73 Å². The Bertz CT molecular complexity index is 216. The highest BCUT2D eigenvalue weighted by Gasteiger charge is 2.19. The van der Waals surface area contributed by atoms with Crippen molar-refractivity contribution in [1.82, 2.24) is 5.32 Å². The second-order valence-corrected chi connectivity index (χ2v) is 3.53. The zero-order valence-corrected chi connectivity index (χ0v) is 8.53. The third-order valence-corrected chi connectivity index (χ3v) is 2.48. The lowest BCUT2D eigenvalue weighted by Crippen LogP contribution is -2.47. The Kier molecular flexibility index (Phi) is 4.46. The summed E-state index contributed by atoms with van der Waals surface area (Å²) in [5.74, 6) is 0. The molecule has 3 N–H and O–H groups in total. The minimum absolute atomic E-state index is 0.0269. The number of ether oxygens (including phenoxy) is 1. The van der Waals surface area contributed by atoms with Gasteiger partial charge in [0.15, 0.2) is 0 Å². The summed E-state index contributed by atoms with van der Waals surface area (Å²) < 4.78 is 4.55. The quantitative estimate of drug-likeness (QED) is 0.621. The van der Waals surface area contributed by atoms with Crippen molar-refractivity contribution in [3.63, 3.8) is 0 Å². The zero-order valence-electron chi connectivity index (χ0n) is 8.53. The molecule has 0 fully saturated rings. The van der Waals surface area contributed by atoms with Crippen LogP contribution in [0.15, 0.2) is 12.2 Å². The summed E-state index contributed by atoms with van der Waals surface area (Å²) in [5, 5.41) is 2.77. The number of hydrogen-bond donors (Lipinski definition) is 2. The molecule has 1 rings (SSSR count). The Morgan fingerprint density at radius 2 is 2.07 bits per heavy atom. The lowest BCUT2D eigenvalue weighted by Gasteiger charge is -2.24. The molecule has 0 aliphatic heterocycles. The van der Waals surface area contributed by atoms with Gasteiger partial charge >= 0.3 is 6.09 Å². The zero-order chi connectivity index (χ0) is 10.4. The highest BCUT2D eigenvalue weighted by atomic mass is 16.5. The summed E-state index contributed by atoms with van der Waals surface area (Å²) >= 11 is 0. The molecule has 0 heterocycles. The lowest BCUT2D eigenvalue weighted by atomic mass is 9.96. The van der Waals surface area contributed by atoms with Gasteiger partial charge in [0.1, 0.15) is 0 Å². The lowest BCUT2D eigenvalue weighted by molar-refractivity contribution is 0.163. The summed E-state index contributed by atoms with van der Waals surface area (Å²) in [7, 11) is 1.36. The number of carbonyl (C=O) groups is 1. The molecule has 0 spiro atoms. The fraction of sp³-hybridized carbons (Fsp3) is 0.700. The van der Waals surface area contributed by atoms with E-state index in [-0.39, 0.29) is 12.1 Å². The number of alkyl carbamates (subject to hydrolysis) is 1. The van der Waals surface area contributed by atoms with E-state index in [1.807, 2.05) is 0 Å². The number of hydrogen-bond acceptors (Lipinski definition) is 3. The summed E-state index contributed by atoms with van der Waals surface area (Å²) in [6.07, 6.45) is 7.63. The van der Waals surface area contributed by atoms with Crippen LogP contribution in [0.25, 0.3) is 0 Å². The number of rotatable bonds is 1. The third kappa shape index (κ3) is 3.38. The van der Waals surface area contributed by atoms with Crippen LogP contribution in [-0.4, -0.2) is 25.3 Å². The molecule has 1 unspecified atom stereocenters. The maximum atomic E-state index is 11.0. The summed E-state index contributed by atoms with van der Waals surface area (Å²) in [6, 6.07) is 0.0615. The summed E-state index contributed by atoms with van der Waals surface area (Å²) in [6.45, 7) is 0. The molecular formula is C10H18N2O2. The fourth-order valence-corrected chi connectivity index (χ4v) is 1.60. The van der Waals surface area contributed by atoms with Gasteiger partial charge in [-0.1, -0.05) is 12.2 Å². The van der Waals surface area contributed by atoms with Gasteiger partial charge in [0.25, 0.3) is 0 Å². The van der Waals surface area contributed by atoms with Crippen molar-refractivity contribution in [3.05, 3.63) is 12.2 Å². The van der Waals surface area contributed by atoms with E-state index in [2.05, 4.69) is 22.2 Å². The number of nitrogens with one attached hydrogen (secondary N) is 1. The SMILES string of the molecule is COC(=O)NC1CC/C=C/CC[C@@H]1N. The van der Waals surface area contributed by atoms with Crippen LogP contribution in [0.5, 0.6) is 0 Å². The van der Waals surface area contributed by atoms with Gasteiger partial charge in [-0.3, -0.25) is 0 Å². The van der Waals surface area contributed by atoms with Gasteiger partial charge in [0.05, 0.1) is 7.11 Å². The van der Waals surface area contributed by atoms with E-state index in [4.69, 9.17) is 5.73 Å². The molecule has 4 heteroatoms. The normalized spacial score (nSPS) is 29.9. The fourth-order valence-electron chi connectivity index (χ4n) is 1.60. The number of nitrogens with two attached hydrogens (primary N) is 1. The minimum Gasteiger partial charge on any atom is -0.453 e. The number of allylic oxidation sites excluding steroid dienone is 2. The molecule has 2 atom stereocenters. The molecule has 14 heavy (non-hydrogen) atoms. The van der Waals surface area contributed by atoms with Crippen LogP contribution in [0.4, 0.5) is 4.79 Å². The Balaban J connectivity index is 2.47. The molecule has 4 nitrogen and oxygen atoms in total. The van der Waals surface area contributed by atoms with E-state index in [1.165, 1.54) is 7.11 Å². The highest BCUT2D eigenvalue weighted by molar-refractivity contribution is 5.67. The predicted octanol–water partition coefficient (Wildman–Crippen LogP) is 1.17. The summed E-state index contributed by atoms with van der Waals surface area (Å²) in [5.41, 5.74) is 5.95. The number of amides is 1. The van der Waals surface area contributed by atoms with Crippen LogP contribution in [0.2, 0.25) is 0 Å². The maximum absolute atomic E-state index is 11.0. The molecule has 1 aliphatic rings. The Hall–Kier alpha value is -1.03. The molecule has 0 bridgehead atoms. The molecular weight excluding hydrogens is 180 g/mol. The van der Waals surface area contributed by atoms with E-state index >= 15 is 0 Å².